The molecule has 50 valence electrons. The second-order valence-corrected chi connectivity index (χ2v) is 11.6. The molecule has 5 heteroatoms. The highest BCUT2D eigenvalue weighted by Gasteiger charge is 2.27. The summed E-state index contributed by atoms with van der Waals surface area (Å²) in [6.07, 6.45) is 0. The van der Waals surface area contributed by atoms with Gasteiger partial charge < -0.3 is 0 Å². The summed E-state index contributed by atoms with van der Waals surface area (Å²) >= 11 is 17.1. The molecule has 0 aliphatic heterocycles. The molecule has 0 aliphatic carbocycles. The van der Waals surface area contributed by atoms with E-state index in [-0.39, 0.29) is 4.66 Å². The Morgan fingerprint density at radius 3 is 1.75 bits per heavy atom. The van der Waals surface area contributed by atoms with Gasteiger partial charge >= 0.3 is 0 Å². The van der Waals surface area contributed by atoms with Crippen LogP contribution in [0.3, 0.4) is 0 Å². The standard InChI is InChI=1S/C3H9Cl3Si2/c1-3(2,7-4)8(5)6/h8H,7H2,1-2H3. The second-order valence-electron chi connectivity index (χ2n) is 2.42. The molecule has 0 heterocycles. The molecule has 0 aromatic heterocycles. The quantitative estimate of drug-likeness (QED) is 0.478. The molecule has 0 aromatic carbocycles. The molecular formula is C3H9Cl3Si2. The minimum atomic E-state index is -1.51. The molecule has 0 atom stereocenters. The molecule has 0 nitrogen and oxygen atoms in total. The van der Waals surface area contributed by atoms with Crippen LogP contribution in [0.4, 0.5) is 0 Å². The summed E-state index contributed by atoms with van der Waals surface area (Å²) in [5.74, 6) is 0. The Kier molecular flexibility index (Phi) is 4.03. The van der Waals surface area contributed by atoms with Crippen LogP contribution in [0.2, 0.25) is 4.66 Å². The maximum absolute atomic E-state index is 5.72. The minimum absolute atomic E-state index is 0.116. The molecular weight excluding hydrogens is 199 g/mol. The fourth-order valence-electron chi connectivity index (χ4n) is 0.0583. The van der Waals surface area contributed by atoms with E-state index in [1.54, 1.807) is 0 Å². The monoisotopic (exact) mass is 206 g/mol. The van der Waals surface area contributed by atoms with Crippen molar-refractivity contribution in [1.29, 1.82) is 0 Å². The van der Waals surface area contributed by atoms with Gasteiger partial charge in [-0.1, -0.05) is 13.8 Å². The first-order chi connectivity index (χ1) is 3.50. The zero-order valence-electron chi connectivity index (χ0n) is 4.92. The van der Waals surface area contributed by atoms with Crippen molar-refractivity contribution in [2.75, 3.05) is 0 Å². The molecule has 8 heavy (non-hydrogen) atoms. The fourth-order valence-corrected chi connectivity index (χ4v) is 4.72. The van der Waals surface area contributed by atoms with Gasteiger partial charge in [0.15, 0.2) is 0 Å². The van der Waals surface area contributed by atoms with E-state index in [4.69, 9.17) is 33.2 Å². The van der Waals surface area contributed by atoms with E-state index in [2.05, 4.69) is 0 Å². The van der Waals surface area contributed by atoms with Crippen LogP contribution in [-0.4, -0.2) is 16.2 Å². The lowest BCUT2D eigenvalue weighted by Crippen LogP contribution is -2.20. The normalized spacial score (nSPS) is 14.2. The Morgan fingerprint density at radius 2 is 1.75 bits per heavy atom. The second kappa shape index (κ2) is 3.47. The van der Waals surface area contributed by atoms with Crippen molar-refractivity contribution in [3.8, 4) is 0 Å². The zero-order valence-corrected chi connectivity index (χ0v) is 9.76. The largest absolute Gasteiger partial charge is 0.240 e. The number of rotatable bonds is 2. The first-order valence-electron chi connectivity index (χ1n) is 2.35. The van der Waals surface area contributed by atoms with Crippen molar-refractivity contribution >= 4 is 49.5 Å². The van der Waals surface area contributed by atoms with Crippen LogP contribution in [0.1, 0.15) is 13.8 Å². The summed E-state index contributed by atoms with van der Waals surface area (Å²) in [5.41, 5.74) is 0. The number of hydrogen-bond donors (Lipinski definition) is 0. The highest BCUT2D eigenvalue weighted by Crippen LogP contribution is 2.31. The predicted molar refractivity (Wildman–Crippen MR) is 47.3 cm³/mol. The van der Waals surface area contributed by atoms with Crippen molar-refractivity contribution in [2.24, 2.45) is 0 Å². The van der Waals surface area contributed by atoms with Gasteiger partial charge in [-0.15, -0.1) is 0 Å². The Balaban J connectivity index is 3.71. The van der Waals surface area contributed by atoms with Gasteiger partial charge in [0.2, 0.25) is 7.42 Å². The Labute approximate surface area is 68.0 Å². The van der Waals surface area contributed by atoms with Crippen LogP contribution < -0.4 is 0 Å². The van der Waals surface area contributed by atoms with Crippen LogP contribution >= 0.6 is 33.2 Å². The first-order valence-corrected chi connectivity index (χ1v) is 9.26. The van der Waals surface area contributed by atoms with Gasteiger partial charge in [-0.3, -0.25) is 0 Å². The van der Waals surface area contributed by atoms with Crippen molar-refractivity contribution in [2.45, 2.75) is 18.5 Å². The fraction of sp³-hybridized carbons (Fsp3) is 1.00. The van der Waals surface area contributed by atoms with E-state index >= 15 is 0 Å². The molecule has 0 saturated carbocycles. The molecule has 0 N–H and O–H groups in total. The van der Waals surface area contributed by atoms with Crippen LogP contribution in [0.5, 0.6) is 0 Å². The van der Waals surface area contributed by atoms with Gasteiger partial charge in [-0.25, -0.2) is 0 Å². The highest BCUT2D eigenvalue weighted by atomic mass is 35.7. The average Bonchev–Trinajstić information content (AvgIpc) is 1.67. The third-order valence-corrected chi connectivity index (χ3v) is 12.6. The van der Waals surface area contributed by atoms with Gasteiger partial charge in [0.05, 0.1) is 0 Å². The molecule has 0 aromatic rings. The van der Waals surface area contributed by atoms with Crippen molar-refractivity contribution < 1.29 is 0 Å². The Bertz CT molecular complexity index is 72.9. The van der Waals surface area contributed by atoms with Crippen molar-refractivity contribution in [3.63, 3.8) is 0 Å². The maximum atomic E-state index is 5.72. The molecule has 0 bridgehead atoms. The van der Waals surface area contributed by atoms with Gasteiger partial charge in [-0.2, -0.15) is 33.2 Å². The average molecular weight is 208 g/mol. The summed E-state index contributed by atoms with van der Waals surface area (Å²) in [6.45, 7) is 4.09. The van der Waals surface area contributed by atoms with E-state index in [1.165, 1.54) is 0 Å². The lowest BCUT2D eigenvalue weighted by atomic mass is 10.5. The molecule has 0 rings (SSSR count). The first kappa shape index (κ1) is 9.30. The Hall–Kier alpha value is 1.30. The zero-order chi connectivity index (χ0) is 6.78. The van der Waals surface area contributed by atoms with Gasteiger partial charge in [0, 0.05) is 0 Å². The molecule has 0 aliphatic rings. The summed E-state index contributed by atoms with van der Waals surface area (Å²) in [7, 11) is -2.04. The molecule has 0 radical (unpaired) electrons. The smallest absolute Gasteiger partial charge is 0.176 e. The molecule has 0 saturated heterocycles. The highest BCUT2D eigenvalue weighted by molar-refractivity contribution is 7.38. The number of hydrogen-bond acceptors (Lipinski definition) is 0. The molecule has 0 fully saturated rings. The van der Waals surface area contributed by atoms with E-state index < -0.39 is 16.2 Å². The van der Waals surface area contributed by atoms with E-state index in [0.29, 0.717) is 0 Å². The van der Waals surface area contributed by atoms with Crippen molar-refractivity contribution in [3.05, 3.63) is 0 Å². The summed E-state index contributed by atoms with van der Waals surface area (Å²) in [6, 6.07) is 0. The lowest BCUT2D eigenvalue weighted by molar-refractivity contribution is 0.956. The third-order valence-electron chi connectivity index (χ3n) is 0.935. The van der Waals surface area contributed by atoms with E-state index in [1.807, 2.05) is 13.8 Å². The van der Waals surface area contributed by atoms with E-state index in [9.17, 15) is 0 Å². The van der Waals surface area contributed by atoms with Crippen LogP contribution in [0, 0.1) is 0 Å². The van der Waals surface area contributed by atoms with Crippen LogP contribution in [-0.2, 0) is 0 Å². The summed E-state index contributed by atoms with van der Waals surface area (Å²) < 4.78 is 0.116. The van der Waals surface area contributed by atoms with Gasteiger partial charge in [0.1, 0.15) is 8.83 Å². The minimum Gasteiger partial charge on any atom is -0.176 e. The topological polar surface area (TPSA) is 0 Å². The van der Waals surface area contributed by atoms with Gasteiger partial charge in [-0.05, 0) is 4.66 Å². The lowest BCUT2D eigenvalue weighted by Gasteiger charge is -2.19. The van der Waals surface area contributed by atoms with Crippen molar-refractivity contribution in [1.82, 2.24) is 0 Å². The molecule has 0 spiro atoms. The molecule has 0 unspecified atom stereocenters. The third kappa shape index (κ3) is 2.73. The Morgan fingerprint density at radius 1 is 1.38 bits per heavy atom. The van der Waals surface area contributed by atoms with Crippen LogP contribution in [0.25, 0.3) is 0 Å². The summed E-state index contributed by atoms with van der Waals surface area (Å²) in [5, 5.41) is 0. The van der Waals surface area contributed by atoms with E-state index in [0.717, 1.165) is 0 Å². The van der Waals surface area contributed by atoms with Gasteiger partial charge in [0.25, 0.3) is 0 Å². The maximum Gasteiger partial charge on any atom is 0.240 e. The predicted octanol–water partition coefficient (Wildman–Crippen LogP) is 1.74. The SMILES string of the molecule is CC(C)([SiH2]Cl)[SiH](Cl)Cl. The molecule has 0 amide bonds. The summed E-state index contributed by atoms with van der Waals surface area (Å²) in [4.78, 5) is 0. The van der Waals surface area contributed by atoms with Crippen LogP contribution in [0.15, 0.2) is 0 Å². The number of halogens is 3.